The van der Waals surface area contributed by atoms with Gasteiger partial charge in [0.25, 0.3) is 5.91 Å². The number of halogens is 2. The SMILES string of the molecule is CC(C(=O)Nc1ccccc1C#N)N1CCN(C(=O)c2ccc(F)c(F)c2)CC1. The van der Waals surface area contributed by atoms with Crippen LogP contribution in [0, 0.1) is 23.0 Å². The summed E-state index contributed by atoms with van der Waals surface area (Å²) in [7, 11) is 0. The number of carbonyl (C=O) groups excluding carboxylic acids is 2. The lowest BCUT2D eigenvalue weighted by molar-refractivity contribution is -0.121. The predicted octanol–water partition coefficient (Wildman–Crippen LogP) is 2.62. The van der Waals surface area contributed by atoms with Crippen LogP contribution in [0.2, 0.25) is 0 Å². The van der Waals surface area contributed by atoms with Gasteiger partial charge in [-0.05, 0) is 37.3 Å². The summed E-state index contributed by atoms with van der Waals surface area (Å²) in [6, 6.07) is 11.4. The second-order valence-electron chi connectivity index (χ2n) is 6.78. The summed E-state index contributed by atoms with van der Waals surface area (Å²) in [6.07, 6.45) is 0. The van der Waals surface area contributed by atoms with E-state index in [0.29, 0.717) is 37.4 Å². The van der Waals surface area contributed by atoms with Crippen LogP contribution in [0.3, 0.4) is 0 Å². The third kappa shape index (κ3) is 4.58. The molecule has 0 saturated carbocycles. The second-order valence-corrected chi connectivity index (χ2v) is 6.78. The summed E-state index contributed by atoms with van der Waals surface area (Å²) in [6.45, 7) is 3.42. The average molecular weight is 398 g/mol. The molecule has 2 aromatic carbocycles. The van der Waals surface area contributed by atoms with Crippen LogP contribution in [-0.2, 0) is 4.79 Å². The zero-order chi connectivity index (χ0) is 21.0. The quantitative estimate of drug-likeness (QED) is 0.859. The van der Waals surface area contributed by atoms with E-state index >= 15 is 0 Å². The van der Waals surface area contributed by atoms with Gasteiger partial charge in [0, 0.05) is 31.7 Å². The fourth-order valence-corrected chi connectivity index (χ4v) is 3.22. The highest BCUT2D eigenvalue weighted by Gasteiger charge is 2.28. The average Bonchev–Trinajstić information content (AvgIpc) is 2.75. The van der Waals surface area contributed by atoms with Crippen LogP contribution in [0.25, 0.3) is 0 Å². The van der Waals surface area contributed by atoms with Gasteiger partial charge in [-0.2, -0.15) is 5.26 Å². The summed E-state index contributed by atoms with van der Waals surface area (Å²) in [5, 5.41) is 11.9. The van der Waals surface area contributed by atoms with Gasteiger partial charge >= 0.3 is 0 Å². The monoisotopic (exact) mass is 398 g/mol. The Kier molecular flexibility index (Phi) is 6.20. The lowest BCUT2D eigenvalue weighted by atomic mass is 10.1. The van der Waals surface area contributed by atoms with E-state index in [1.807, 2.05) is 11.0 Å². The molecule has 0 radical (unpaired) electrons. The Balaban J connectivity index is 1.58. The molecule has 1 fully saturated rings. The highest BCUT2D eigenvalue weighted by molar-refractivity contribution is 5.96. The Morgan fingerprint density at radius 3 is 2.41 bits per heavy atom. The Hall–Kier alpha value is -3.31. The normalized spacial score (nSPS) is 15.4. The predicted molar refractivity (Wildman–Crippen MR) is 103 cm³/mol. The molecule has 150 valence electrons. The maximum atomic E-state index is 13.4. The van der Waals surface area contributed by atoms with Gasteiger partial charge in [0.15, 0.2) is 11.6 Å². The van der Waals surface area contributed by atoms with Gasteiger partial charge in [-0.3, -0.25) is 14.5 Å². The molecule has 1 aliphatic rings. The number of hydrogen-bond acceptors (Lipinski definition) is 4. The molecular formula is C21H20F2N4O2. The number of hydrogen-bond donors (Lipinski definition) is 1. The van der Waals surface area contributed by atoms with Crippen LogP contribution in [0.4, 0.5) is 14.5 Å². The van der Waals surface area contributed by atoms with Crippen molar-refractivity contribution in [3.63, 3.8) is 0 Å². The molecule has 3 rings (SSSR count). The van der Waals surface area contributed by atoms with E-state index < -0.39 is 17.7 Å². The largest absolute Gasteiger partial charge is 0.336 e. The standard InChI is InChI=1S/C21H20F2N4O2/c1-14(20(28)25-19-5-3-2-4-16(19)13-24)26-8-10-27(11-9-26)21(29)15-6-7-17(22)18(23)12-15/h2-7,12,14H,8-11H2,1H3,(H,25,28). The minimum atomic E-state index is -1.06. The number of piperazine rings is 1. The maximum absolute atomic E-state index is 13.4. The minimum Gasteiger partial charge on any atom is -0.336 e. The number of nitrogens with one attached hydrogen (secondary N) is 1. The third-order valence-corrected chi connectivity index (χ3v) is 5.00. The first-order valence-corrected chi connectivity index (χ1v) is 9.19. The zero-order valence-electron chi connectivity index (χ0n) is 15.9. The van der Waals surface area contributed by atoms with Crippen LogP contribution in [-0.4, -0.2) is 53.8 Å². The zero-order valence-corrected chi connectivity index (χ0v) is 15.9. The van der Waals surface area contributed by atoms with Crippen molar-refractivity contribution in [3.8, 4) is 6.07 Å². The first-order valence-electron chi connectivity index (χ1n) is 9.19. The molecule has 1 N–H and O–H groups in total. The molecule has 0 bridgehead atoms. The van der Waals surface area contributed by atoms with Crippen molar-refractivity contribution in [2.24, 2.45) is 0 Å². The topological polar surface area (TPSA) is 76.4 Å². The number of benzene rings is 2. The Morgan fingerprint density at radius 2 is 1.76 bits per heavy atom. The number of anilines is 1. The second kappa shape index (κ2) is 8.80. The van der Waals surface area contributed by atoms with E-state index in [1.54, 1.807) is 36.1 Å². The smallest absolute Gasteiger partial charge is 0.254 e. The van der Waals surface area contributed by atoms with Crippen LogP contribution in [0.5, 0.6) is 0 Å². The van der Waals surface area contributed by atoms with Crippen molar-refractivity contribution in [2.75, 3.05) is 31.5 Å². The molecule has 0 aliphatic carbocycles. The number of nitrogens with zero attached hydrogens (tertiary/aromatic N) is 3. The Labute approximate surface area is 167 Å². The summed E-state index contributed by atoms with van der Waals surface area (Å²) < 4.78 is 26.4. The van der Waals surface area contributed by atoms with Crippen molar-refractivity contribution in [1.82, 2.24) is 9.80 Å². The van der Waals surface area contributed by atoms with Gasteiger partial charge in [-0.1, -0.05) is 12.1 Å². The number of rotatable bonds is 4. The minimum absolute atomic E-state index is 0.0938. The van der Waals surface area contributed by atoms with Gasteiger partial charge < -0.3 is 10.2 Å². The lowest BCUT2D eigenvalue weighted by Crippen LogP contribution is -2.54. The van der Waals surface area contributed by atoms with Gasteiger partial charge in [-0.15, -0.1) is 0 Å². The molecule has 1 saturated heterocycles. The molecule has 0 aromatic heterocycles. The number of amides is 2. The van der Waals surface area contributed by atoms with E-state index in [1.165, 1.54) is 6.07 Å². The van der Waals surface area contributed by atoms with Gasteiger partial charge in [0.1, 0.15) is 6.07 Å². The summed E-state index contributed by atoms with van der Waals surface area (Å²) in [4.78, 5) is 28.5. The highest BCUT2D eigenvalue weighted by atomic mass is 19.2. The van der Waals surface area contributed by atoms with E-state index in [4.69, 9.17) is 5.26 Å². The van der Waals surface area contributed by atoms with E-state index in [2.05, 4.69) is 5.32 Å². The fraction of sp³-hybridized carbons (Fsp3) is 0.286. The van der Waals surface area contributed by atoms with Crippen molar-refractivity contribution >= 4 is 17.5 Å². The molecule has 1 heterocycles. The number of nitriles is 1. The molecule has 29 heavy (non-hydrogen) atoms. The van der Waals surface area contributed by atoms with Crippen LogP contribution < -0.4 is 5.32 Å². The summed E-state index contributed by atoms with van der Waals surface area (Å²) in [5.41, 5.74) is 0.935. The van der Waals surface area contributed by atoms with Crippen molar-refractivity contribution in [3.05, 3.63) is 65.2 Å². The Bertz CT molecular complexity index is 965. The molecule has 1 unspecified atom stereocenters. The Morgan fingerprint density at radius 1 is 1.07 bits per heavy atom. The molecule has 2 amide bonds. The molecular weight excluding hydrogens is 378 g/mol. The van der Waals surface area contributed by atoms with Gasteiger partial charge in [0.05, 0.1) is 17.3 Å². The van der Waals surface area contributed by atoms with Gasteiger partial charge in [-0.25, -0.2) is 8.78 Å². The molecule has 6 nitrogen and oxygen atoms in total. The van der Waals surface area contributed by atoms with Crippen LogP contribution in [0.1, 0.15) is 22.8 Å². The van der Waals surface area contributed by atoms with Crippen LogP contribution >= 0.6 is 0 Å². The van der Waals surface area contributed by atoms with Crippen molar-refractivity contribution < 1.29 is 18.4 Å². The van der Waals surface area contributed by atoms with E-state index in [9.17, 15) is 18.4 Å². The first kappa shape index (κ1) is 20.4. The highest BCUT2D eigenvalue weighted by Crippen LogP contribution is 2.17. The molecule has 2 aromatic rings. The van der Waals surface area contributed by atoms with Gasteiger partial charge in [0.2, 0.25) is 5.91 Å². The van der Waals surface area contributed by atoms with Crippen molar-refractivity contribution in [1.29, 1.82) is 5.26 Å². The van der Waals surface area contributed by atoms with E-state index in [0.717, 1.165) is 12.1 Å². The first-order chi connectivity index (χ1) is 13.9. The number of para-hydroxylation sites is 1. The third-order valence-electron chi connectivity index (χ3n) is 5.00. The summed E-state index contributed by atoms with van der Waals surface area (Å²) in [5.74, 6) is -2.67. The molecule has 1 aliphatic heterocycles. The molecule has 1 atom stereocenters. The maximum Gasteiger partial charge on any atom is 0.254 e. The van der Waals surface area contributed by atoms with E-state index in [-0.39, 0.29) is 17.4 Å². The molecule has 8 heteroatoms. The van der Waals surface area contributed by atoms with Crippen molar-refractivity contribution in [2.45, 2.75) is 13.0 Å². The lowest BCUT2D eigenvalue weighted by Gasteiger charge is -2.37. The molecule has 0 spiro atoms. The van der Waals surface area contributed by atoms with Crippen LogP contribution in [0.15, 0.2) is 42.5 Å². The number of carbonyl (C=O) groups is 2. The summed E-state index contributed by atoms with van der Waals surface area (Å²) >= 11 is 0. The fourth-order valence-electron chi connectivity index (χ4n) is 3.22.